The molecule has 0 amide bonds. The number of halogens is 2. The predicted octanol–water partition coefficient (Wildman–Crippen LogP) is 2.11. The molecule has 0 saturated carbocycles. The number of hydrogen-bond acceptors (Lipinski definition) is 2. The Morgan fingerprint density at radius 3 is 3.00 bits per heavy atom. The van der Waals surface area contributed by atoms with Gasteiger partial charge < -0.3 is 10.1 Å². The lowest BCUT2D eigenvalue weighted by Crippen LogP contribution is -2.16. The standard InChI is InChI=1S/C10H11F2NO/c11-10(12)7-2-1-3-9-8(7)6-13-4-5-14-9/h1-3,10,13H,4-6H2. The van der Waals surface area contributed by atoms with Gasteiger partial charge in [-0.05, 0) is 6.07 Å². The molecule has 1 aliphatic rings. The highest BCUT2D eigenvalue weighted by molar-refractivity contribution is 5.41. The first-order valence-corrected chi connectivity index (χ1v) is 4.52. The van der Waals surface area contributed by atoms with E-state index in [-0.39, 0.29) is 5.56 Å². The van der Waals surface area contributed by atoms with Crippen LogP contribution in [0.1, 0.15) is 17.6 Å². The van der Waals surface area contributed by atoms with Crippen molar-refractivity contribution < 1.29 is 13.5 Å². The normalized spacial score (nSPS) is 15.9. The van der Waals surface area contributed by atoms with Gasteiger partial charge in [0.05, 0.1) is 0 Å². The van der Waals surface area contributed by atoms with Crippen LogP contribution in [0.25, 0.3) is 0 Å². The fourth-order valence-corrected chi connectivity index (χ4v) is 1.56. The number of rotatable bonds is 1. The average Bonchev–Trinajstić information content (AvgIpc) is 2.41. The van der Waals surface area contributed by atoms with Crippen molar-refractivity contribution in [3.8, 4) is 5.75 Å². The number of hydrogen-bond donors (Lipinski definition) is 1. The maximum absolute atomic E-state index is 12.6. The van der Waals surface area contributed by atoms with Crippen LogP contribution in [-0.2, 0) is 6.54 Å². The summed E-state index contributed by atoms with van der Waals surface area (Å²) in [6.45, 7) is 1.67. The molecule has 0 fully saturated rings. The van der Waals surface area contributed by atoms with Crippen LogP contribution in [0.2, 0.25) is 0 Å². The minimum absolute atomic E-state index is 0.0666. The Labute approximate surface area is 80.9 Å². The molecule has 0 aliphatic carbocycles. The molecule has 0 aromatic heterocycles. The highest BCUT2D eigenvalue weighted by Gasteiger charge is 2.17. The van der Waals surface area contributed by atoms with Crippen molar-refractivity contribution >= 4 is 0 Å². The maximum Gasteiger partial charge on any atom is 0.264 e. The van der Waals surface area contributed by atoms with Crippen molar-refractivity contribution in [2.24, 2.45) is 0 Å². The second-order valence-corrected chi connectivity index (χ2v) is 3.15. The molecular weight excluding hydrogens is 188 g/mol. The van der Waals surface area contributed by atoms with Crippen LogP contribution in [0.4, 0.5) is 8.78 Å². The van der Waals surface area contributed by atoms with E-state index >= 15 is 0 Å². The summed E-state index contributed by atoms with van der Waals surface area (Å²) in [5.74, 6) is 0.577. The lowest BCUT2D eigenvalue weighted by Gasteiger charge is -2.10. The molecule has 4 heteroatoms. The van der Waals surface area contributed by atoms with Crippen molar-refractivity contribution in [2.75, 3.05) is 13.2 Å². The van der Waals surface area contributed by atoms with Gasteiger partial charge in [0.25, 0.3) is 6.43 Å². The summed E-state index contributed by atoms with van der Waals surface area (Å²) in [6.07, 6.45) is -2.44. The first kappa shape index (κ1) is 9.40. The van der Waals surface area contributed by atoms with E-state index in [4.69, 9.17) is 4.74 Å². The van der Waals surface area contributed by atoms with Crippen molar-refractivity contribution in [1.82, 2.24) is 5.32 Å². The van der Waals surface area contributed by atoms with Crippen LogP contribution in [0.3, 0.4) is 0 Å². The van der Waals surface area contributed by atoms with Crippen molar-refractivity contribution in [1.29, 1.82) is 0 Å². The zero-order chi connectivity index (χ0) is 9.97. The van der Waals surface area contributed by atoms with Gasteiger partial charge in [0.2, 0.25) is 0 Å². The van der Waals surface area contributed by atoms with Gasteiger partial charge in [-0.2, -0.15) is 0 Å². The smallest absolute Gasteiger partial charge is 0.264 e. The van der Waals surface area contributed by atoms with Crippen molar-refractivity contribution in [3.05, 3.63) is 29.3 Å². The van der Waals surface area contributed by atoms with Gasteiger partial charge in [0.1, 0.15) is 12.4 Å². The van der Waals surface area contributed by atoms with E-state index in [1.165, 1.54) is 6.07 Å². The Morgan fingerprint density at radius 2 is 2.21 bits per heavy atom. The van der Waals surface area contributed by atoms with E-state index in [2.05, 4.69) is 5.32 Å². The molecule has 0 unspecified atom stereocenters. The number of benzene rings is 1. The Hall–Kier alpha value is -1.16. The SMILES string of the molecule is FC(F)c1cccc2c1CNCCO2. The van der Waals surface area contributed by atoms with Crippen molar-refractivity contribution in [2.45, 2.75) is 13.0 Å². The average molecular weight is 199 g/mol. The minimum Gasteiger partial charge on any atom is -0.492 e. The number of ether oxygens (including phenoxy) is 1. The van der Waals surface area contributed by atoms with Gasteiger partial charge in [-0.25, -0.2) is 8.78 Å². The highest BCUT2D eigenvalue weighted by Crippen LogP contribution is 2.30. The summed E-state index contributed by atoms with van der Waals surface area (Å²) in [6, 6.07) is 4.78. The van der Waals surface area contributed by atoms with Gasteiger partial charge in [-0.15, -0.1) is 0 Å². The van der Waals surface area contributed by atoms with Crippen LogP contribution in [0.5, 0.6) is 5.75 Å². The Kier molecular flexibility index (Phi) is 2.63. The monoisotopic (exact) mass is 199 g/mol. The van der Waals surface area contributed by atoms with Crippen LogP contribution in [0, 0.1) is 0 Å². The number of fused-ring (bicyclic) bond motifs is 1. The largest absolute Gasteiger partial charge is 0.492 e. The molecule has 2 rings (SSSR count). The summed E-state index contributed by atoms with van der Waals surface area (Å²) in [4.78, 5) is 0. The Balaban J connectivity index is 2.42. The van der Waals surface area contributed by atoms with Crippen LogP contribution in [-0.4, -0.2) is 13.2 Å². The van der Waals surface area contributed by atoms with Gasteiger partial charge in [-0.3, -0.25) is 0 Å². The van der Waals surface area contributed by atoms with E-state index in [0.29, 0.717) is 31.0 Å². The number of nitrogens with one attached hydrogen (secondary N) is 1. The van der Waals surface area contributed by atoms with E-state index in [1.54, 1.807) is 12.1 Å². The first-order chi connectivity index (χ1) is 6.79. The second-order valence-electron chi connectivity index (χ2n) is 3.15. The quantitative estimate of drug-likeness (QED) is 0.747. The first-order valence-electron chi connectivity index (χ1n) is 4.52. The molecule has 2 nitrogen and oxygen atoms in total. The zero-order valence-electron chi connectivity index (χ0n) is 7.59. The molecule has 0 bridgehead atoms. The van der Waals surface area contributed by atoms with E-state index in [0.717, 1.165) is 0 Å². The summed E-state index contributed by atoms with van der Waals surface area (Å²) < 4.78 is 30.6. The second kappa shape index (κ2) is 3.92. The molecule has 0 atom stereocenters. The Morgan fingerprint density at radius 1 is 1.36 bits per heavy atom. The summed E-state index contributed by atoms with van der Waals surface area (Å²) in [5.41, 5.74) is 0.650. The molecule has 14 heavy (non-hydrogen) atoms. The van der Waals surface area contributed by atoms with Crippen LogP contribution >= 0.6 is 0 Å². The molecule has 0 saturated heterocycles. The highest BCUT2D eigenvalue weighted by atomic mass is 19.3. The van der Waals surface area contributed by atoms with Gasteiger partial charge in [0, 0.05) is 24.2 Å². The van der Waals surface area contributed by atoms with Crippen LogP contribution in [0.15, 0.2) is 18.2 Å². The molecule has 76 valence electrons. The maximum atomic E-state index is 12.6. The third kappa shape index (κ3) is 1.70. The summed E-state index contributed by atoms with van der Waals surface area (Å²) in [5, 5.41) is 3.04. The van der Waals surface area contributed by atoms with Crippen LogP contribution < -0.4 is 10.1 Å². The fraction of sp³-hybridized carbons (Fsp3) is 0.400. The van der Waals surface area contributed by atoms with E-state index < -0.39 is 6.43 Å². The molecule has 1 N–H and O–H groups in total. The third-order valence-electron chi connectivity index (χ3n) is 2.24. The molecular formula is C10H11F2NO. The minimum atomic E-state index is -2.44. The molecule has 0 radical (unpaired) electrons. The van der Waals surface area contributed by atoms with Gasteiger partial charge >= 0.3 is 0 Å². The molecule has 1 aromatic carbocycles. The lowest BCUT2D eigenvalue weighted by atomic mass is 10.1. The van der Waals surface area contributed by atoms with Crippen molar-refractivity contribution in [3.63, 3.8) is 0 Å². The zero-order valence-corrected chi connectivity index (χ0v) is 7.59. The lowest BCUT2D eigenvalue weighted by molar-refractivity contribution is 0.149. The summed E-state index contributed by atoms with van der Waals surface area (Å²) >= 11 is 0. The molecule has 0 spiro atoms. The third-order valence-corrected chi connectivity index (χ3v) is 2.24. The molecule has 1 aromatic rings. The predicted molar refractivity (Wildman–Crippen MR) is 48.6 cm³/mol. The molecule has 1 aliphatic heterocycles. The topological polar surface area (TPSA) is 21.3 Å². The Bertz CT molecular complexity index is 328. The number of alkyl halides is 2. The van der Waals surface area contributed by atoms with Gasteiger partial charge in [0.15, 0.2) is 0 Å². The fourth-order valence-electron chi connectivity index (χ4n) is 1.56. The molecule has 1 heterocycles. The summed E-state index contributed by atoms with van der Waals surface area (Å²) in [7, 11) is 0. The van der Waals surface area contributed by atoms with E-state index in [9.17, 15) is 8.78 Å². The van der Waals surface area contributed by atoms with E-state index in [1.807, 2.05) is 0 Å². The van der Waals surface area contributed by atoms with Gasteiger partial charge in [-0.1, -0.05) is 12.1 Å².